The molecule has 2 fully saturated rings. The van der Waals surface area contributed by atoms with Gasteiger partial charge in [0.15, 0.2) is 0 Å². The topological polar surface area (TPSA) is 49.4 Å². The molecule has 1 saturated carbocycles. The van der Waals surface area contributed by atoms with Gasteiger partial charge in [-0.3, -0.25) is 14.5 Å². The number of halogens is 1. The van der Waals surface area contributed by atoms with Gasteiger partial charge in [-0.1, -0.05) is 25.7 Å². The van der Waals surface area contributed by atoms with E-state index >= 15 is 0 Å². The first-order chi connectivity index (χ1) is 11.1. The van der Waals surface area contributed by atoms with Crippen LogP contribution in [0.1, 0.15) is 51.4 Å². The van der Waals surface area contributed by atoms with Crippen LogP contribution in [-0.2, 0) is 9.59 Å². The largest absolute Gasteiger partial charge is 0.352 e. The van der Waals surface area contributed by atoms with Crippen molar-refractivity contribution in [3.8, 4) is 0 Å². The lowest BCUT2D eigenvalue weighted by molar-refractivity contribution is -0.124. The van der Waals surface area contributed by atoms with Gasteiger partial charge in [-0.2, -0.15) is 0 Å². The predicted molar refractivity (Wildman–Crippen MR) is 86.5 cm³/mol. The molecule has 124 valence electrons. The Balaban J connectivity index is 1.70. The van der Waals surface area contributed by atoms with Crippen LogP contribution in [0.25, 0.3) is 0 Å². The molecule has 1 saturated heterocycles. The highest BCUT2D eigenvalue weighted by Crippen LogP contribution is 2.27. The van der Waals surface area contributed by atoms with Gasteiger partial charge >= 0.3 is 0 Å². The molecule has 0 aromatic heterocycles. The number of benzene rings is 1. The molecular weight excluding hydrogens is 295 g/mol. The Labute approximate surface area is 136 Å². The van der Waals surface area contributed by atoms with Crippen LogP contribution in [0, 0.1) is 5.82 Å². The first-order valence-corrected chi connectivity index (χ1v) is 8.53. The molecule has 1 aliphatic heterocycles. The van der Waals surface area contributed by atoms with Crippen LogP contribution in [-0.4, -0.2) is 23.9 Å². The van der Waals surface area contributed by atoms with E-state index in [0.717, 1.165) is 25.7 Å². The lowest BCUT2D eigenvalue weighted by Crippen LogP contribution is -2.48. The van der Waals surface area contributed by atoms with E-state index in [1.807, 2.05) is 0 Å². The summed E-state index contributed by atoms with van der Waals surface area (Å²) in [5.74, 6) is -0.496. The van der Waals surface area contributed by atoms with Crippen LogP contribution in [0.5, 0.6) is 0 Å². The number of hydrogen-bond donors (Lipinski definition) is 1. The van der Waals surface area contributed by atoms with Gasteiger partial charge in [-0.15, -0.1) is 0 Å². The van der Waals surface area contributed by atoms with Gasteiger partial charge in [0.05, 0.1) is 0 Å². The summed E-state index contributed by atoms with van der Waals surface area (Å²) in [4.78, 5) is 26.3. The van der Waals surface area contributed by atoms with E-state index in [-0.39, 0.29) is 23.7 Å². The highest BCUT2D eigenvalue weighted by Gasteiger charge is 2.37. The fraction of sp³-hybridized carbons (Fsp3) is 0.556. The average molecular weight is 318 g/mol. The van der Waals surface area contributed by atoms with Crippen molar-refractivity contribution in [3.63, 3.8) is 0 Å². The van der Waals surface area contributed by atoms with Gasteiger partial charge in [-0.05, 0) is 43.5 Å². The van der Waals surface area contributed by atoms with Crippen LogP contribution >= 0.6 is 0 Å². The van der Waals surface area contributed by atoms with Crippen LogP contribution in [0.3, 0.4) is 0 Å². The minimum atomic E-state index is -0.476. The van der Waals surface area contributed by atoms with E-state index in [1.54, 1.807) is 12.1 Å². The van der Waals surface area contributed by atoms with Crippen LogP contribution < -0.4 is 10.2 Å². The van der Waals surface area contributed by atoms with Gasteiger partial charge in [0.25, 0.3) is 0 Å². The molecule has 2 aliphatic rings. The van der Waals surface area contributed by atoms with E-state index in [1.165, 1.54) is 29.9 Å². The highest BCUT2D eigenvalue weighted by molar-refractivity contribution is 6.03. The molecule has 2 amide bonds. The molecule has 1 aromatic carbocycles. The van der Waals surface area contributed by atoms with E-state index in [4.69, 9.17) is 0 Å². The minimum absolute atomic E-state index is 0.0716. The average Bonchev–Trinajstić information content (AvgIpc) is 2.75. The molecule has 0 bridgehead atoms. The van der Waals surface area contributed by atoms with Crippen molar-refractivity contribution in [2.75, 3.05) is 4.90 Å². The third-order valence-corrected chi connectivity index (χ3v) is 4.82. The molecule has 1 heterocycles. The smallest absolute Gasteiger partial charge is 0.243 e. The van der Waals surface area contributed by atoms with Gasteiger partial charge in [0.2, 0.25) is 11.8 Å². The molecule has 1 unspecified atom stereocenters. The van der Waals surface area contributed by atoms with Gasteiger partial charge < -0.3 is 5.32 Å². The Kier molecular flexibility index (Phi) is 4.94. The number of carbonyl (C=O) groups is 2. The van der Waals surface area contributed by atoms with Crippen molar-refractivity contribution < 1.29 is 14.0 Å². The van der Waals surface area contributed by atoms with E-state index in [0.29, 0.717) is 18.5 Å². The van der Waals surface area contributed by atoms with Gasteiger partial charge in [0.1, 0.15) is 11.9 Å². The van der Waals surface area contributed by atoms with Crippen molar-refractivity contribution in [1.29, 1.82) is 0 Å². The number of rotatable bonds is 3. The lowest BCUT2D eigenvalue weighted by Gasteiger charge is -2.26. The molecule has 1 atom stereocenters. The summed E-state index contributed by atoms with van der Waals surface area (Å²) in [5.41, 5.74) is 0.593. The normalized spacial score (nSPS) is 22.9. The van der Waals surface area contributed by atoms with Crippen LogP contribution in [0.2, 0.25) is 0 Å². The molecule has 4 nitrogen and oxygen atoms in total. The van der Waals surface area contributed by atoms with Crippen LogP contribution in [0.15, 0.2) is 24.3 Å². The Morgan fingerprint density at radius 2 is 1.70 bits per heavy atom. The van der Waals surface area contributed by atoms with Gasteiger partial charge in [-0.25, -0.2) is 4.39 Å². The first kappa shape index (κ1) is 16.0. The first-order valence-electron chi connectivity index (χ1n) is 8.53. The Morgan fingerprint density at radius 3 is 2.35 bits per heavy atom. The number of anilines is 1. The zero-order valence-electron chi connectivity index (χ0n) is 13.3. The molecule has 1 aromatic rings. The quantitative estimate of drug-likeness (QED) is 0.870. The van der Waals surface area contributed by atoms with Crippen molar-refractivity contribution in [3.05, 3.63) is 30.1 Å². The summed E-state index contributed by atoms with van der Waals surface area (Å²) in [6.45, 7) is 0. The molecule has 5 heteroatoms. The van der Waals surface area contributed by atoms with Crippen molar-refractivity contribution in [2.24, 2.45) is 0 Å². The lowest BCUT2D eigenvalue weighted by atomic mass is 10.1. The Hall–Kier alpha value is -1.91. The summed E-state index contributed by atoms with van der Waals surface area (Å²) in [5, 5.41) is 3.13. The summed E-state index contributed by atoms with van der Waals surface area (Å²) >= 11 is 0. The summed E-state index contributed by atoms with van der Waals surface area (Å²) < 4.78 is 13.1. The third-order valence-electron chi connectivity index (χ3n) is 4.82. The van der Waals surface area contributed by atoms with E-state index in [2.05, 4.69) is 5.32 Å². The van der Waals surface area contributed by atoms with E-state index < -0.39 is 6.04 Å². The van der Waals surface area contributed by atoms with Crippen molar-refractivity contribution in [1.82, 2.24) is 5.32 Å². The number of amides is 2. The Morgan fingerprint density at radius 1 is 1.04 bits per heavy atom. The van der Waals surface area contributed by atoms with Crippen molar-refractivity contribution >= 4 is 17.5 Å². The number of carbonyl (C=O) groups excluding carboxylic acids is 2. The molecule has 23 heavy (non-hydrogen) atoms. The maximum Gasteiger partial charge on any atom is 0.243 e. The predicted octanol–water partition coefficient (Wildman–Crippen LogP) is 3.16. The zero-order chi connectivity index (χ0) is 16.2. The fourth-order valence-corrected chi connectivity index (χ4v) is 3.58. The SMILES string of the molecule is O=C(NC1CCCCCC1)C1CCC(=O)N1c1ccc(F)cc1. The van der Waals surface area contributed by atoms with Crippen LogP contribution in [0.4, 0.5) is 10.1 Å². The third kappa shape index (κ3) is 3.71. The second kappa shape index (κ2) is 7.11. The fourth-order valence-electron chi connectivity index (χ4n) is 3.58. The summed E-state index contributed by atoms with van der Waals surface area (Å²) in [7, 11) is 0. The summed E-state index contributed by atoms with van der Waals surface area (Å²) in [6.07, 6.45) is 7.68. The second-order valence-electron chi connectivity index (χ2n) is 6.49. The number of hydrogen-bond acceptors (Lipinski definition) is 2. The molecule has 3 rings (SSSR count). The number of nitrogens with zero attached hydrogens (tertiary/aromatic N) is 1. The number of nitrogens with one attached hydrogen (secondary N) is 1. The molecule has 0 spiro atoms. The molecule has 1 aliphatic carbocycles. The molecule has 1 N–H and O–H groups in total. The van der Waals surface area contributed by atoms with Gasteiger partial charge in [0, 0.05) is 18.2 Å². The monoisotopic (exact) mass is 318 g/mol. The maximum absolute atomic E-state index is 13.1. The Bertz CT molecular complexity index is 565. The standard InChI is InChI=1S/C18H23FN2O2/c19-13-7-9-15(10-8-13)21-16(11-12-17(21)22)18(23)20-14-5-3-1-2-4-6-14/h7-10,14,16H,1-6,11-12H2,(H,20,23). The highest BCUT2D eigenvalue weighted by atomic mass is 19.1. The zero-order valence-corrected chi connectivity index (χ0v) is 13.3. The maximum atomic E-state index is 13.1. The second-order valence-corrected chi connectivity index (χ2v) is 6.49. The molecular formula is C18H23FN2O2. The molecule has 0 radical (unpaired) electrons. The summed E-state index contributed by atoms with van der Waals surface area (Å²) in [6, 6.07) is 5.50. The minimum Gasteiger partial charge on any atom is -0.352 e. The van der Waals surface area contributed by atoms with E-state index in [9.17, 15) is 14.0 Å². The van der Waals surface area contributed by atoms with Crippen molar-refractivity contribution in [2.45, 2.75) is 63.5 Å².